The first-order valence-electron chi connectivity index (χ1n) is 6.19. The van der Waals surface area contributed by atoms with Crippen LogP contribution >= 0.6 is 0 Å². The first-order valence-corrected chi connectivity index (χ1v) is 6.19. The van der Waals surface area contributed by atoms with E-state index in [0.717, 1.165) is 30.2 Å². The maximum absolute atomic E-state index is 11.8. The monoisotopic (exact) mass is 211 g/mol. The lowest BCUT2D eigenvalue weighted by atomic mass is 9.69. The molecule has 15 heavy (non-hydrogen) atoms. The normalized spacial score (nSPS) is 36.5. The molecule has 1 spiro atoms. The van der Waals surface area contributed by atoms with Gasteiger partial charge >= 0.3 is 0 Å². The quantitative estimate of drug-likeness (QED) is 0.713. The van der Waals surface area contributed by atoms with Crippen LogP contribution in [-0.4, -0.2) is 22.7 Å². The molecule has 2 rings (SSSR count). The van der Waals surface area contributed by atoms with E-state index in [1.54, 1.807) is 0 Å². The zero-order valence-corrected chi connectivity index (χ0v) is 9.54. The van der Waals surface area contributed by atoms with E-state index in [2.05, 4.69) is 6.92 Å². The molecular formula is C12H21NO2. The van der Waals surface area contributed by atoms with Crippen molar-refractivity contribution in [3.63, 3.8) is 0 Å². The van der Waals surface area contributed by atoms with Crippen LogP contribution in [0.5, 0.6) is 0 Å². The van der Waals surface area contributed by atoms with Crippen molar-refractivity contribution in [2.45, 2.75) is 51.9 Å². The molecule has 1 heterocycles. The summed E-state index contributed by atoms with van der Waals surface area (Å²) in [4.78, 5) is 11.8. The minimum absolute atomic E-state index is 0.0163. The Morgan fingerprint density at radius 2 is 2.07 bits per heavy atom. The molecule has 2 fully saturated rings. The van der Waals surface area contributed by atoms with E-state index in [-0.39, 0.29) is 11.3 Å². The number of hydrogen-bond acceptors (Lipinski definition) is 2. The SMILES string of the molecule is CCCC1CCC2(CC1)CCN(O)C2=O. The molecule has 0 aromatic heterocycles. The number of hydrogen-bond donors (Lipinski definition) is 1. The van der Waals surface area contributed by atoms with E-state index in [0.29, 0.717) is 6.54 Å². The molecule has 0 unspecified atom stereocenters. The van der Waals surface area contributed by atoms with Crippen LogP contribution in [0.4, 0.5) is 0 Å². The highest BCUT2D eigenvalue weighted by molar-refractivity contribution is 5.83. The van der Waals surface area contributed by atoms with E-state index < -0.39 is 0 Å². The van der Waals surface area contributed by atoms with Gasteiger partial charge in [-0.1, -0.05) is 19.8 Å². The van der Waals surface area contributed by atoms with E-state index in [9.17, 15) is 10.0 Å². The highest BCUT2D eigenvalue weighted by Crippen LogP contribution is 2.46. The van der Waals surface area contributed by atoms with Crippen molar-refractivity contribution in [1.82, 2.24) is 5.06 Å². The molecule has 0 aromatic carbocycles. The minimum Gasteiger partial charge on any atom is -0.286 e. The first-order chi connectivity index (χ1) is 7.18. The lowest BCUT2D eigenvalue weighted by Crippen LogP contribution is -2.36. The predicted octanol–water partition coefficient (Wildman–Crippen LogP) is 2.58. The van der Waals surface area contributed by atoms with E-state index >= 15 is 0 Å². The molecule has 1 N–H and O–H groups in total. The highest BCUT2D eigenvalue weighted by Gasteiger charge is 2.47. The molecule has 1 aliphatic carbocycles. The van der Waals surface area contributed by atoms with Crippen LogP contribution in [0, 0.1) is 11.3 Å². The fourth-order valence-corrected chi connectivity index (χ4v) is 3.19. The molecule has 3 heteroatoms. The summed E-state index contributed by atoms with van der Waals surface area (Å²) in [6.45, 7) is 2.76. The molecule has 86 valence electrons. The van der Waals surface area contributed by atoms with Crippen molar-refractivity contribution in [3.05, 3.63) is 0 Å². The molecule has 3 nitrogen and oxygen atoms in total. The van der Waals surface area contributed by atoms with Gasteiger partial charge in [0.15, 0.2) is 0 Å². The Kier molecular flexibility index (Phi) is 3.01. The minimum atomic E-state index is -0.182. The molecule has 1 aliphatic heterocycles. The van der Waals surface area contributed by atoms with E-state index in [4.69, 9.17) is 0 Å². The van der Waals surface area contributed by atoms with Crippen LogP contribution in [0.3, 0.4) is 0 Å². The molecule has 1 saturated carbocycles. The summed E-state index contributed by atoms with van der Waals surface area (Å²) in [5, 5.41) is 10.3. The zero-order chi connectivity index (χ0) is 10.9. The number of carbonyl (C=O) groups is 1. The third-order valence-electron chi connectivity index (χ3n) is 4.25. The van der Waals surface area contributed by atoms with Crippen molar-refractivity contribution in [2.75, 3.05) is 6.54 Å². The Morgan fingerprint density at radius 1 is 1.40 bits per heavy atom. The topological polar surface area (TPSA) is 40.5 Å². The van der Waals surface area contributed by atoms with Gasteiger partial charge in [0.05, 0.1) is 5.41 Å². The van der Waals surface area contributed by atoms with Gasteiger partial charge in [0.2, 0.25) is 0 Å². The third kappa shape index (κ3) is 1.89. The third-order valence-corrected chi connectivity index (χ3v) is 4.25. The molecule has 2 aliphatic rings. The Balaban J connectivity index is 1.95. The lowest BCUT2D eigenvalue weighted by Gasteiger charge is -2.35. The maximum Gasteiger partial charge on any atom is 0.252 e. The Hall–Kier alpha value is -0.570. The fourth-order valence-electron chi connectivity index (χ4n) is 3.19. The second-order valence-corrected chi connectivity index (χ2v) is 5.19. The maximum atomic E-state index is 11.8. The van der Waals surface area contributed by atoms with Crippen molar-refractivity contribution in [1.29, 1.82) is 0 Å². The second-order valence-electron chi connectivity index (χ2n) is 5.19. The standard InChI is InChI=1S/C12H21NO2/c1-2-3-10-4-6-12(7-5-10)8-9-13(15)11(12)14/h10,15H,2-9H2,1H3. The van der Waals surface area contributed by atoms with E-state index in [1.165, 1.54) is 25.7 Å². The Morgan fingerprint density at radius 3 is 2.53 bits per heavy atom. The van der Waals surface area contributed by atoms with Gasteiger partial charge in [-0.3, -0.25) is 10.0 Å². The van der Waals surface area contributed by atoms with Crippen LogP contribution < -0.4 is 0 Å². The second kappa shape index (κ2) is 4.12. The van der Waals surface area contributed by atoms with Gasteiger partial charge in [-0.15, -0.1) is 0 Å². The van der Waals surface area contributed by atoms with Gasteiger partial charge in [-0.25, -0.2) is 5.06 Å². The van der Waals surface area contributed by atoms with Crippen LogP contribution in [0.15, 0.2) is 0 Å². The van der Waals surface area contributed by atoms with Crippen molar-refractivity contribution < 1.29 is 10.0 Å². The summed E-state index contributed by atoms with van der Waals surface area (Å²) in [5.74, 6) is 0.804. The van der Waals surface area contributed by atoms with Gasteiger partial charge in [0.25, 0.3) is 5.91 Å². The number of carbonyl (C=O) groups excluding carboxylic acids is 1. The summed E-state index contributed by atoms with van der Waals surface area (Å²) in [5.41, 5.74) is -0.182. The summed E-state index contributed by atoms with van der Waals surface area (Å²) >= 11 is 0. The Bertz CT molecular complexity index is 244. The first kappa shape index (κ1) is 10.9. The number of amides is 1. The van der Waals surface area contributed by atoms with Crippen LogP contribution in [0.25, 0.3) is 0 Å². The van der Waals surface area contributed by atoms with Crippen LogP contribution in [0.1, 0.15) is 51.9 Å². The van der Waals surface area contributed by atoms with Gasteiger partial charge in [0.1, 0.15) is 0 Å². The highest BCUT2D eigenvalue weighted by atomic mass is 16.5. The predicted molar refractivity (Wildman–Crippen MR) is 57.4 cm³/mol. The Labute approximate surface area is 91.4 Å². The molecule has 0 aromatic rings. The molecular weight excluding hydrogens is 190 g/mol. The summed E-state index contributed by atoms with van der Waals surface area (Å²) in [7, 11) is 0. The molecule has 0 atom stereocenters. The average Bonchev–Trinajstić information content (AvgIpc) is 2.52. The van der Waals surface area contributed by atoms with Crippen molar-refractivity contribution in [2.24, 2.45) is 11.3 Å². The molecule has 1 saturated heterocycles. The fraction of sp³-hybridized carbons (Fsp3) is 0.917. The zero-order valence-electron chi connectivity index (χ0n) is 9.54. The number of hydroxylamine groups is 2. The molecule has 1 amide bonds. The van der Waals surface area contributed by atoms with Gasteiger partial charge < -0.3 is 0 Å². The van der Waals surface area contributed by atoms with Crippen molar-refractivity contribution >= 4 is 5.91 Å². The lowest BCUT2D eigenvalue weighted by molar-refractivity contribution is -0.165. The largest absolute Gasteiger partial charge is 0.286 e. The smallest absolute Gasteiger partial charge is 0.252 e. The van der Waals surface area contributed by atoms with Crippen molar-refractivity contribution in [3.8, 4) is 0 Å². The summed E-state index contributed by atoms with van der Waals surface area (Å²) in [6, 6.07) is 0. The van der Waals surface area contributed by atoms with Crippen LogP contribution in [-0.2, 0) is 4.79 Å². The number of nitrogens with zero attached hydrogens (tertiary/aromatic N) is 1. The van der Waals surface area contributed by atoms with Gasteiger partial charge in [0, 0.05) is 6.54 Å². The molecule has 0 bridgehead atoms. The average molecular weight is 211 g/mol. The van der Waals surface area contributed by atoms with Gasteiger partial charge in [-0.2, -0.15) is 0 Å². The summed E-state index contributed by atoms with van der Waals surface area (Å²) < 4.78 is 0. The van der Waals surface area contributed by atoms with E-state index in [1.807, 2.05) is 0 Å². The van der Waals surface area contributed by atoms with Crippen LogP contribution in [0.2, 0.25) is 0 Å². The van der Waals surface area contributed by atoms with Gasteiger partial charge in [-0.05, 0) is 38.0 Å². The summed E-state index contributed by atoms with van der Waals surface area (Å²) in [6.07, 6.45) is 7.74. The number of rotatable bonds is 2. The molecule has 0 radical (unpaired) electrons.